The van der Waals surface area contributed by atoms with Crippen LogP contribution in [0.15, 0.2) is 42.5 Å². The van der Waals surface area contributed by atoms with Crippen LogP contribution < -0.4 is 0 Å². The van der Waals surface area contributed by atoms with Gasteiger partial charge in [-0.2, -0.15) is 0 Å². The molecule has 0 saturated heterocycles. The van der Waals surface area contributed by atoms with Crippen molar-refractivity contribution in [3.05, 3.63) is 70.3 Å². The van der Waals surface area contributed by atoms with E-state index in [1.165, 1.54) is 16.7 Å². The molecule has 1 atom stereocenters. The lowest BCUT2D eigenvalue weighted by atomic mass is 9.96. The molecule has 1 unspecified atom stereocenters. The van der Waals surface area contributed by atoms with Crippen LogP contribution in [0.5, 0.6) is 0 Å². The van der Waals surface area contributed by atoms with E-state index < -0.39 is 6.10 Å². The van der Waals surface area contributed by atoms with Crippen molar-refractivity contribution in [2.24, 2.45) is 0 Å². The summed E-state index contributed by atoms with van der Waals surface area (Å²) in [7, 11) is 0. The third-order valence-corrected chi connectivity index (χ3v) is 3.23. The lowest BCUT2D eigenvalue weighted by Crippen LogP contribution is -2.01. The summed E-state index contributed by atoms with van der Waals surface area (Å²) >= 11 is 0. The SMILES string of the molecule is CCc1cccc(C(O)c2cc(C)cc(C)c2)c1. The molecule has 1 heteroatoms. The van der Waals surface area contributed by atoms with Crippen molar-refractivity contribution >= 4 is 0 Å². The molecule has 1 N–H and O–H groups in total. The molecule has 0 aliphatic carbocycles. The Morgan fingerprint density at radius 2 is 1.61 bits per heavy atom. The smallest absolute Gasteiger partial charge is 0.104 e. The van der Waals surface area contributed by atoms with Gasteiger partial charge < -0.3 is 5.11 Å². The van der Waals surface area contributed by atoms with Crippen molar-refractivity contribution in [2.75, 3.05) is 0 Å². The number of aliphatic hydroxyl groups is 1. The molecular formula is C17H20O. The monoisotopic (exact) mass is 240 g/mol. The molecule has 0 bridgehead atoms. The predicted molar refractivity (Wildman–Crippen MR) is 75.8 cm³/mol. The number of hydrogen-bond donors (Lipinski definition) is 1. The van der Waals surface area contributed by atoms with Gasteiger partial charge in [-0.15, -0.1) is 0 Å². The Morgan fingerprint density at radius 1 is 0.944 bits per heavy atom. The molecule has 2 aromatic carbocycles. The molecule has 18 heavy (non-hydrogen) atoms. The van der Waals surface area contributed by atoms with E-state index in [0.29, 0.717) is 0 Å². The van der Waals surface area contributed by atoms with Crippen molar-refractivity contribution in [3.8, 4) is 0 Å². The summed E-state index contributed by atoms with van der Waals surface area (Å²) in [5.74, 6) is 0. The average molecular weight is 240 g/mol. The van der Waals surface area contributed by atoms with Gasteiger partial charge in [0.05, 0.1) is 0 Å². The minimum atomic E-state index is -0.532. The third-order valence-electron chi connectivity index (χ3n) is 3.23. The zero-order chi connectivity index (χ0) is 13.1. The fraction of sp³-hybridized carbons (Fsp3) is 0.294. The second-order valence-electron chi connectivity index (χ2n) is 4.92. The molecule has 0 radical (unpaired) electrons. The Bertz CT molecular complexity index is 523. The van der Waals surface area contributed by atoms with Crippen LogP contribution in [0.2, 0.25) is 0 Å². The normalized spacial score (nSPS) is 12.4. The standard InChI is InChI=1S/C17H20O/c1-4-14-6-5-7-15(11-14)17(18)16-9-12(2)8-13(3)10-16/h5-11,17-18H,4H2,1-3H3. The van der Waals surface area contributed by atoms with Crippen molar-refractivity contribution < 1.29 is 5.11 Å². The Balaban J connectivity index is 2.37. The van der Waals surface area contributed by atoms with Gasteiger partial charge in [0.2, 0.25) is 0 Å². The number of aliphatic hydroxyl groups excluding tert-OH is 1. The minimum absolute atomic E-state index is 0.532. The molecule has 94 valence electrons. The van der Waals surface area contributed by atoms with Crippen LogP contribution in [0.3, 0.4) is 0 Å². The maximum atomic E-state index is 10.5. The molecule has 2 aromatic rings. The fourth-order valence-electron chi connectivity index (χ4n) is 2.34. The van der Waals surface area contributed by atoms with Crippen LogP contribution in [-0.4, -0.2) is 5.11 Å². The summed E-state index contributed by atoms with van der Waals surface area (Å²) < 4.78 is 0. The average Bonchev–Trinajstić information content (AvgIpc) is 2.37. The first-order chi connectivity index (χ1) is 8.60. The summed E-state index contributed by atoms with van der Waals surface area (Å²) in [6.07, 6.45) is 0.461. The lowest BCUT2D eigenvalue weighted by molar-refractivity contribution is 0.220. The molecule has 0 spiro atoms. The van der Waals surface area contributed by atoms with Gasteiger partial charge in [-0.3, -0.25) is 0 Å². The molecule has 0 amide bonds. The second kappa shape index (κ2) is 5.36. The molecule has 0 aliphatic rings. The summed E-state index contributed by atoms with van der Waals surface area (Å²) in [5, 5.41) is 10.5. The highest BCUT2D eigenvalue weighted by molar-refractivity contribution is 5.36. The van der Waals surface area contributed by atoms with E-state index in [-0.39, 0.29) is 0 Å². The van der Waals surface area contributed by atoms with Gasteiger partial charge in [0.15, 0.2) is 0 Å². The number of rotatable bonds is 3. The molecule has 0 aromatic heterocycles. The maximum Gasteiger partial charge on any atom is 0.104 e. The maximum absolute atomic E-state index is 10.5. The summed E-state index contributed by atoms with van der Waals surface area (Å²) in [6, 6.07) is 14.4. The predicted octanol–water partition coefficient (Wildman–Crippen LogP) is 3.95. The number of benzene rings is 2. The highest BCUT2D eigenvalue weighted by Crippen LogP contribution is 2.24. The first kappa shape index (κ1) is 12.8. The largest absolute Gasteiger partial charge is 0.384 e. The topological polar surface area (TPSA) is 20.2 Å². The second-order valence-corrected chi connectivity index (χ2v) is 4.92. The first-order valence-electron chi connectivity index (χ1n) is 6.45. The van der Waals surface area contributed by atoms with Crippen LogP contribution in [0.25, 0.3) is 0 Å². The van der Waals surface area contributed by atoms with Crippen molar-refractivity contribution in [3.63, 3.8) is 0 Å². The van der Waals surface area contributed by atoms with Crippen LogP contribution in [-0.2, 0) is 6.42 Å². The molecule has 1 nitrogen and oxygen atoms in total. The quantitative estimate of drug-likeness (QED) is 0.861. The molecule has 0 saturated carbocycles. The van der Waals surface area contributed by atoms with Gasteiger partial charge in [0.25, 0.3) is 0 Å². The van der Waals surface area contributed by atoms with E-state index in [9.17, 15) is 5.11 Å². The summed E-state index contributed by atoms with van der Waals surface area (Å²) in [5.41, 5.74) is 5.59. The van der Waals surface area contributed by atoms with Gasteiger partial charge in [-0.25, -0.2) is 0 Å². The molecule has 0 aliphatic heterocycles. The highest BCUT2D eigenvalue weighted by atomic mass is 16.3. The van der Waals surface area contributed by atoms with Crippen LogP contribution in [0, 0.1) is 13.8 Å². The first-order valence-corrected chi connectivity index (χ1v) is 6.45. The van der Waals surface area contributed by atoms with Crippen molar-refractivity contribution in [1.29, 1.82) is 0 Å². The minimum Gasteiger partial charge on any atom is -0.384 e. The van der Waals surface area contributed by atoms with Gasteiger partial charge in [-0.05, 0) is 37.0 Å². The zero-order valence-corrected chi connectivity index (χ0v) is 11.3. The zero-order valence-electron chi connectivity index (χ0n) is 11.3. The number of aryl methyl sites for hydroxylation is 3. The van der Waals surface area contributed by atoms with Gasteiger partial charge in [0, 0.05) is 0 Å². The van der Waals surface area contributed by atoms with E-state index in [4.69, 9.17) is 0 Å². The Kier molecular flexibility index (Phi) is 3.83. The Morgan fingerprint density at radius 3 is 2.22 bits per heavy atom. The Hall–Kier alpha value is -1.60. The molecule has 0 heterocycles. The fourth-order valence-corrected chi connectivity index (χ4v) is 2.34. The van der Waals surface area contributed by atoms with Gasteiger partial charge >= 0.3 is 0 Å². The molecule has 2 rings (SSSR count). The van der Waals surface area contributed by atoms with Gasteiger partial charge in [-0.1, -0.05) is 60.5 Å². The summed E-state index contributed by atoms with van der Waals surface area (Å²) in [4.78, 5) is 0. The third kappa shape index (κ3) is 2.80. The summed E-state index contributed by atoms with van der Waals surface area (Å²) in [6.45, 7) is 6.25. The van der Waals surface area contributed by atoms with Crippen LogP contribution in [0.4, 0.5) is 0 Å². The Labute approximate surface area is 109 Å². The van der Waals surface area contributed by atoms with Gasteiger partial charge in [0.1, 0.15) is 6.10 Å². The van der Waals surface area contributed by atoms with Crippen molar-refractivity contribution in [2.45, 2.75) is 33.3 Å². The molecule has 0 fully saturated rings. The van der Waals surface area contributed by atoms with Crippen molar-refractivity contribution in [1.82, 2.24) is 0 Å². The van der Waals surface area contributed by atoms with E-state index in [0.717, 1.165) is 17.5 Å². The number of hydrogen-bond acceptors (Lipinski definition) is 1. The van der Waals surface area contributed by atoms with Crippen LogP contribution in [0.1, 0.15) is 40.8 Å². The highest BCUT2D eigenvalue weighted by Gasteiger charge is 2.11. The molecular weight excluding hydrogens is 220 g/mol. The van der Waals surface area contributed by atoms with E-state index in [2.05, 4.69) is 51.1 Å². The van der Waals surface area contributed by atoms with Crippen LogP contribution >= 0.6 is 0 Å². The lowest BCUT2D eigenvalue weighted by Gasteiger charge is -2.14. The van der Waals surface area contributed by atoms with E-state index >= 15 is 0 Å². The van der Waals surface area contributed by atoms with E-state index in [1.54, 1.807) is 0 Å². The van der Waals surface area contributed by atoms with E-state index in [1.807, 2.05) is 12.1 Å².